The fourth-order valence-corrected chi connectivity index (χ4v) is 2.58. The molecule has 3 unspecified atom stereocenters. The number of carbonyl (C=O) groups is 1. The van der Waals surface area contributed by atoms with E-state index in [1.54, 1.807) is 0 Å². The van der Waals surface area contributed by atoms with Crippen molar-refractivity contribution in [2.24, 2.45) is 11.8 Å². The second kappa shape index (κ2) is 6.89. The number of rotatable bonds is 8. The first-order valence-electron chi connectivity index (χ1n) is 6.51. The summed E-state index contributed by atoms with van der Waals surface area (Å²) in [5.41, 5.74) is 0. The maximum atomic E-state index is 10.3. The molecular weight excluding hydrogens is 204 g/mol. The lowest BCUT2D eigenvalue weighted by molar-refractivity contribution is -0.137. The summed E-state index contributed by atoms with van der Waals surface area (Å²) in [5, 5.41) is 18.0. The molecule has 0 aromatic heterocycles. The number of aliphatic hydroxyl groups is 1. The zero-order valence-electron chi connectivity index (χ0n) is 10.2. The molecule has 1 aliphatic carbocycles. The average Bonchev–Trinajstić information content (AvgIpc) is 2.21. The van der Waals surface area contributed by atoms with E-state index in [0.717, 1.165) is 32.1 Å². The minimum atomic E-state index is -0.689. The monoisotopic (exact) mass is 228 g/mol. The molecule has 0 aliphatic heterocycles. The fraction of sp³-hybridized carbons (Fsp3) is 0.923. The van der Waals surface area contributed by atoms with Gasteiger partial charge in [-0.3, -0.25) is 4.79 Å². The first-order valence-corrected chi connectivity index (χ1v) is 6.51. The Morgan fingerprint density at radius 2 is 1.81 bits per heavy atom. The van der Waals surface area contributed by atoms with Gasteiger partial charge in [0.25, 0.3) is 0 Å². The molecular formula is C13H24O3. The standard InChI is InChI=1S/C13H24O3/c1-10-9-12(14)11(10)7-5-3-2-4-6-8-13(15)16/h10-12,14H,2-9H2,1H3,(H,15,16). The van der Waals surface area contributed by atoms with Crippen molar-refractivity contribution in [3.8, 4) is 0 Å². The maximum Gasteiger partial charge on any atom is 0.303 e. The third-order valence-electron chi connectivity index (χ3n) is 3.77. The highest BCUT2D eigenvalue weighted by Crippen LogP contribution is 2.37. The van der Waals surface area contributed by atoms with Crippen molar-refractivity contribution in [3.63, 3.8) is 0 Å². The SMILES string of the molecule is CC1CC(O)C1CCCCCCCC(=O)O. The Hall–Kier alpha value is -0.570. The number of carboxylic acids is 1. The minimum Gasteiger partial charge on any atom is -0.481 e. The average molecular weight is 228 g/mol. The summed E-state index contributed by atoms with van der Waals surface area (Å²) in [4.78, 5) is 10.3. The molecule has 1 saturated carbocycles. The van der Waals surface area contributed by atoms with Gasteiger partial charge in [0.2, 0.25) is 0 Å². The highest BCUT2D eigenvalue weighted by atomic mass is 16.4. The van der Waals surface area contributed by atoms with Gasteiger partial charge in [0.15, 0.2) is 0 Å². The van der Waals surface area contributed by atoms with Crippen molar-refractivity contribution in [1.29, 1.82) is 0 Å². The van der Waals surface area contributed by atoms with Crippen molar-refractivity contribution < 1.29 is 15.0 Å². The molecule has 0 radical (unpaired) electrons. The molecule has 16 heavy (non-hydrogen) atoms. The summed E-state index contributed by atoms with van der Waals surface area (Å²) in [6.07, 6.45) is 7.68. The number of aliphatic hydroxyl groups excluding tert-OH is 1. The van der Waals surface area contributed by atoms with E-state index in [-0.39, 0.29) is 6.10 Å². The molecule has 2 N–H and O–H groups in total. The van der Waals surface area contributed by atoms with Crippen molar-refractivity contribution in [2.75, 3.05) is 0 Å². The predicted octanol–water partition coefficient (Wildman–Crippen LogP) is 2.82. The third kappa shape index (κ3) is 4.52. The van der Waals surface area contributed by atoms with Crippen molar-refractivity contribution >= 4 is 5.97 Å². The Morgan fingerprint density at radius 1 is 1.19 bits per heavy atom. The van der Waals surface area contributed by atoms with Crippen LogP contribution in [-0.2, 0) is 4.79 Å². The van der Waals surface area contributed by atoms with E-state index < -0.39 is 5.97 Å². The van der Waals surface area contributed by atoms with Crippen molar-refractivity contribution in [3.05, 3.63) is 0 Å². The van der Waals surface area contributed by atoms with Crippen LogP contribution in [-0.4, -0.2) is 22.3 Å². The van der Waals surface area contributed by atoms with Crippen LogP contribution in [0.25, 0.3) is 0 Å². The number of carboxylic acid groups (broad SMARTS) is 1. The lowest BCUT2D eigenvalue weighted by Gasteiger charge is -2.39. The third-order valence-corrected chi connectivity index (χ3v) is 3.77. The molecule has 0 aromatic carbocycles. The Bertz CT molecular complexity index is 207. The normalized spacial score (nSPS) is 28.8. The van der Waals surface area contributed by atoms with Gasteiger partial charge < -0.3 is 10.2 Å². The van der Waals surface area contributed by atoms with Crippen LogP contribution in [0.2, 0.25) is 0 Å². The lowest BCUT2D eigenvalue weighted by atomic mass is 9.70. The van der Waals surface area contributed by atoms with Gasteiger partial charge in [0.1, 0.15) is 0 Å². The van der Waals surface area contributed by atoms with Gasteiger partial charge >= 0.3 is 5.97 Å². The second-order valence-corrected chi connectivity index (χ2v) is 5.14. The molecule has 3 nitrogen and oxygen atoms in total. The predicted molar refractivity (Wildman–Crippen MR) is 63.2 cm³/mol. The van der Waals surface area contributed by atoms with Gasteiger partial charge in [0, 0.05) is 6.42 Å². The summed E-state index contributed by atoms with van der Waals surface area (Å²) in [6, 6.07) is 0. The topological polar surface area (TPSA) is 57.5 Å². The molecule has 1 fully saturated rings. The molecule has 0 saturated heterocycles. The van der Waals surface area contributed by atoms with Crippen LogP contribution in [0.3, 0.4) is 0 Å². The van der Waals surface area contributed by atoms with E-state index in [0.29, 0.717) is 18.3 Å². The first-order chi connectivity index (χ1) is 7.61. The molecule has 0 amide bonds. The highest BCUT2D eigenvalue weighted by molar-refractivity contribution is 5.66. The first kappa shape index (κ1) is 13.5. The summed E-state index contributed by atoms with van der Waals surface area (Å²) in [6.45, 7) is 2.21. The Kier molecular flexibility index (Phi) is 5.81. The van der Waals surface area contributed by atoms with Crippen LogP contribution >= 0.6 is 0 Å². The molecule has 0 aromatic rings. The second-order valence-electron chi connectivity index (χ2n) is 5.14. The molecule has 0 spiro atoms. The summed E-state index contributed by atoms with van der Waals surface area (Å²) in [7, 11) is 0. The number of unbranched alkanes of at least 4 members (excludes halogenated alkanes) is 4. The minimum absolute atomic E-state index is 0.0537. The molecule has 94 valence electrons. The fourth-order valence-electron chi connectivity index (χ4n) is 2.58. The van der Waals surface area contributed by atoms with Crippen LogP contribution in [0.15, 0.2) is 0 Å². The van der Waals surface area contributed by atoms with Crippen molar-refractivity contribution in [1.82, 2.24) is 0 Å². The quantitative estimate of drug-likeness (QED) is 0.628. The molecule has 0 bridgehead atoms. The zero-order chi connectivity index (χ0) is 12.0. The van der Waals surface area contributed by atoms with Gasteiger partial charge in [-0.05, 0) is 31.1 Å². The van der Waals surface area contributed by atoms with Crippen LogP contribution in [0.4, 0.5) is 0 Å². The van der Waals surface area contributed by atoms with Crippen LogP contribution in [0, 0.1) is 11.8 Å². The number of aliphatic carboxylic acids is 1. The van der Waals surface area contributed by atoms with Gasteiger partial charge in [-0.25, -0.2) is 0 Å². The van der Waals surface area contributed by atoms with Crippen molar-refractivity contribution in [2.45, 2.75) is 64.4 Å². The number of hydrogen-bond donors (Lipinski definition) is 2. The van der Waals surface area contributed by atoms with E-state index in [9.17, 15) is 9.90 Å². The molecule has 3 atom stereocenters. The summed E-state index contributed by atoms with van der Waals surface area (Å²) >= 11 is 0. The van der Waals surface area contributed by atoms with E-state index in [4.69, 9.17) is 5.11 Å². The number of hydrogen-bond acceptors (Lipinski definition) is 2. The molecule has 1 aliphatic rings. The Labute approximate surface area is 97.9 Å². The Morgan fingerprint density at radius 3 is 2.38 bits per heavy atom. The largest absolute Gasteiger partial charge is 0.481 e. The summed E-state index contributed by atoms with van der Waals surface area (Å²) in [5.74, 6) is 0.535. The van der Waals surface area contributed by atoms with Gasteiger partial charge in [-0.1, -0.05) is 32.6 Å². The smallest absolute Gasteiger partial charge is 0.303 e. The van der Waals surface area contributed by atoms with Crippen LogP contribution in [0.5, 0.6) is 0 Å². The van der Waals surface area contributed by atoms with Gasteiger partial charge in [-0.2, -0.15) is 0 Å². The lowest BCUT2D eigenvalue weighted by Crippen LogP contribution is -2.39. The van der Waals surface area contributed by atoms with Crippen LogP contribution < -0.4 is 0 Å². The highest BCUT2D eigenvalue weighted by Gasteiger charge is 2.35. The summed E-state index contributed by atoms with van der Waals surface area (Å²) < 4.78 is 0. The van der Waals surface area contributed by atoms with E-state index >= 15 is 0 Å². The Balaban J connectivity index is 1.86. The van der Waals surface area contributed by atoms with E-state index in [1.807, 2.05) is 0 Å². The van der Waals surface area contributed by atoms with Gasteiger partial charge in [-0.15, -0.1) is 0 Å². The molecule has 3 heteroatoms. The van der Waals surface area contributed by atoms with E-state index in [2.05, 4.69) is 6.92 Å². The van der Waals surface area contributed by atoms with E-state index in [1.165, 1.54) is 12.8 Å². The van der Waals surface area contributed by atoms with Gasteiger partial charge in [0.05, 0.1) is 6.10 Å². The maximum absolute atomic E-state index is 10.3. The molecule has 1 rings (SSSR count). The molecule has 0 heterocycles. The van der Waals surface area contributed by atoms with Crippen LogP contribution in [0.1, 0.15) is 58.3 Å². The zero-order valence-corrected chi connectivity index (χ0v) is 10.2.